The first-order chi connectivity index (χ1) is 8.39. The summed E-state index contributed by atoms with van der Waals surface area (Å²) < 4.78 is 10.5. The Morgan fingerprint density at radius 2 is 1.67 bits per heavy atom. The van der Waals surface area contributed by atoms with Crippen molar-refractivity contribution in [1.29, 1.82) is 0 Å². The summed E-state index contributed by atoms with van der Waals surface area (Å²) in [5, 5.41) is 2.37. The lowest BCUT2D eigenvalue weighted by atomic mass is 10.3. The highest BCUT2D eigenvalue weighted by atomic mass is 31.2. The predicted molar refractivity (Wildman–Crippen MR) is 72.6 cm³/mol. The van der Waals surface area contributed by atoms with Gasteiger partial charge in [0.1, 0.15) is 6.16 Å². The van der Waals surface area contributed by atoms with Crippen LogP contribution in [0.5, 0.6) is 0 Å². The Bertz CT molecular complexity index is 386. The molecule has 3 N–H and O–H groups in total. The van der Waals surface area contributed by atoms with Gasteiger partial charge in [0, 0.05) is 5.69 Å². The van der Waals surface area contributed by atoms with E-state index in [0.717, 1.165) is 0 Å². The van der Waals surface area contributed by atoms with E-state index < -0.39 is 19.7 Å². The van der Waals surface area contributed by atoms with Crippen molar-refractivity contribution in [2.24, 2.45) is 0 Å². The fraction of sp³-hybridized carbons (Fsp3) is 0.417. The number of hydrogen-bond donors (Lipinski definition) is 3. The van der Waals surface area contributed by atoms with Crippen molar-refractivity contribution in [3.8, 4) is 0 Å². The molecular formula is C12H20NO4P. The molecule has 0 fully saturated rings. The molecule has 0 unspecified atom stereocenters. The summed E-state index contributed by atoms with van der Waals surface area (Å²) in [5.41, 5.74) is 0.519. The van der Waals surface area contributed by atoms with Crippen LogP contribution in [-0.4, -0.2) is 21.9 Å². The van der Waals surface area contributed by atoms with Crippen molar-refractivity contribution in [3.63, 3.8) is 0 Å². The van der Waals surface area contributed by atoms with Gasteiger partial charge >= 0.3 is 7.60 Å². The fourth-order valence-electron chi connectivity index (χ4n) is 0.909. The lowest BCUT2D eigenvalue weighted by molar-refractivity contribution is -0.114. The zero-order chi connectivity index (χ0) is 14.0. The molecule has 102 valence electrons. The number of carbonyl (C=O) groups is 1. The first-order valence-corrected chi connectivity index (χ1v) is 7.58. The number of hydrogen-bond acceptors (Lipinski definition) is 2. The van der Waals surface area contributed by atoms with Crippen molar-refractivity contribution in [1.82, 2.24) is 0 Å². The van der Waals surface area contributed by atoms with Gasteiger partial charge in [0.05, 0.1) is 0 Å². The van der Waals surface area contributed by atoms with E-state index >= 15 is 0 Å². The van der Waals surface area contributed by atoms with Crippen LogP contribution in [0.4, 0.5) is 5.69 Å². The molecule has 18 heavy (non-hydrogen) atoms. The summed E-state index contributed by atoms with van der Waals surface area (Å²) in [7, 11) is -4.27. The number of nitrogens with one attached hydrogen (secondary N) is 1. The lowest BCUT2D eigenvalue weighted by Gasteiger charge is -2.05. The van der Waals surface area contributed by atoms with Crippen LogP contribution in [0.3, 0.4) is 0 Å². The Hall–Kier alpha value is -1.16. The van der Waals surface area contributed by atoms with Crippen LogP contribution in [0.25, 0.3) is 0 Å². The molecule has 1 rings (SSSR count). The van der Waals surface area contributed by atoms with E-state index in [2.05, 4.69) is 19.2 Å². The van der Waals surface area contributed by atoms with Crippen molar-refractivity contribution in [2.75, 3.05) is 11.5 Å². The maximum absolute atomic E-state index is 11.0. The molecule has 0 heterocycles. The van der Waals surface area contributed by atoms with Gasteiger partial charge < -0.3 is 15.1 Å². The molecular weight excluding hydrogens is 253 g/mol. The van der Waals surface area contributed by atoms with Crippen LogP contribution in [0.2, 0.25) is 0 Å². The van der Waals surface area contributed by atoms with Crippen LogP contribution >= 0.6 is 7.60 Å². The molecule has 0 saturated heterocycles. The van der Waals surface area contributed by atoms with E-state index in [1.807, 2.05) is 0 Å². The number of amides is 1. The standard InChI is InChI=1S/C8H10NO4P.C4H10/c10-8(6-14(11,12)13)9-7-4-2-1-3-5-7;1-3-4-2/h1-5H,6H2,(H,9,10)(H2,11,12,13);3-4H2,1-2H3. The number of anilines is 1. The largest absolute Gasteiger partial charge is 0.334 e. The van der Waals surface area contributed by atoms with Gasteiger partial charge in [-0.3, -0.25) is 9.36 Å². The van der Waals surface area contributed by atoms with Crippen LogP contribution < -0.4 is 5.32 Å². The van der Waals surface area contributed by atoms with E-state index in [1.54, 1.807) is 30.3 Å². The van der Waals surface area contributed by atoms with E-state index in [0.29, 0.717) is 5.69 Å². The Morgan fingerprint density at radius 1 is 1.17 bits per heavy atom. The van der Waals surface area contributed by atoms with Gasteiger partial charge in [0.2, 0.25) is 5.91 Å². The minimum Gasteiger partial charge on any atom is -0.326 e. The first kappa shape index (κ1) is 16.8. The molecule has 0 saturated carbocycles. The van der Waals surface area contributed by atoms with Gasteiger partial charge in [0.15, 0.2) is 0 Å². The second-order valence-corrected chi connectivity index (χ2v) is 5.38. The van der Waals surface area contributed by atoms with Crippen molar-refractivity contribution in [3.05, 3.63) is 30.3 Å². The van der Waals surface area contributed by atoms with E-state index in [-0.39, 0.29) is 0 Å². The van der Waals surface area contributed by atoms with Gasteiger partial charge in [-0.1, -0.05) is 44.9 Å². The van der Waals surface area contributed by atoms with Crippen LogP contribution in [0.15, 0.2) is 30.3 Å². The van der Waals surface area contributed by atoms with Gasteiger partial charge in [-0.25, -0.2) is 0 Å². The quantitative estimate of drug-likeness (QED) is 0.736. The Kier molecular flexibility index (Phi) is 8.29. The molecule has 6 heteroatoms. The molecule has 1 aromatic rings. The first-order valence-electron chi connectivity index (χ1n) is 5.78. The third-order valence-electron chi connectivity index (χ3n) is 1.91. The van der Waals surface area contributed by atoms with Gasteiger partial charge in [-0.15, -0.1) is 0 Å². The maximum Gasteiger partial charge on any atom is 0.334 e. The number of rotatable bonds is 4. The molecule has 0 aliphatic carbocycles. The Balaban J connectivity index is 0.000000631. The third-order valence-corrected chi connectivity index (χ3v) is 2.61. The number of para-hydroxylation sites is 1. The highest BCUT2D eigenvalue weighted by Gasteiger charge is 2.18. The zero-order valence-electron chi connectivity index (χ0n) is 10.7. The second-order valence-electron chi connectivity index (χ2n) is 3.74. The molecule has 1 aromatic carbocycles. The highest BCUT2D eigenvalue weighted by molar-refractivity contribution is 7.52. The average Bonchev–Trinajstić information content (AvgIpc) is 2.28. The van der Waals surface area contributed by atoms with E-state index in [1.165, 1.54) is 12.8 Å². The van der Waals surface area contributed by atoms with Crippen LogP contribution in [0.1, 0.15) is 26.7 Å². The van der Waals surface area contributed by atoms with Crippen LogP contribution in [-0.2, 0) is 9.36 Å². The van der Waals surface area contributed by atoms with Crippen molar-refractivity contribution >= 4 is 19.2 Å². The van der Waals surface area contributed by atoms with Gasteiger partial charge in [-0.2, -0.15) is 0 Å². The third kappa shape index (κ3) is 10.0. The number of benzene rings is 1. The molecule has 5 nitrogen and oxygen atoms in total. The number of carbonyl (C=O) groups excluding carboxylic acids is 1. The highest BCUT2D eigenvalue weighted by Crippen LogP contribution is 2.33. The fourth-order valence-corrected chi connectivity index (χ4v) is 1.36. The van der Waals surface area contributed by atoms with E-state index in [9.17, 15) is 9.36 Å². The van der Waals surface area contributed by atoms with E-state index in [4.69, 9.17) is 9.79 Å². The second kappa shape index (κ2) is 8.86. The molecule has 0 atom stereocenters. The normalized spacial score (nSPS) is 10.2. The Labute approximate surface area is 107 Å². The zero-order valence-corrected chi connectivity index (χ0v) is 11.6. The predicted octanol–water partition coefficient (Wildman–Crippen LogP) is 2.61. The molecule has 0 aliphatic rings. The Morgan fingerprint density at radius 3 is 2.06 bits per heavy atom. The minimum atomic E-state index is -4.27. The summed E-state index contributed by atoms with van der Waals surface area (Å²) in [4.78, 5) is 28.1. The molecule has 1 amide bonds. The lowest BCUT2D eigenvalue weighted by Crippen LogP contribution is -2.15. The minimum absolute atomic E-state index is 0.519. The summed E-state index contributed by atoms with van der Waals surface area (Å²) >= 11 is 0. The summed E-state index contributed by atoms with van der Waals surface area (Å²) in [6.07, 6.45) is 1.85. The topological polar surface area (TPSA) is 86.6 Å². The molecule has 0 aromatic heterocycles. The van der Waals surface area contributed by atoms with Crippen LogP contribution in [0, 0.1) is 0 Å². The SMILES string of the molecule is CCCC.O=C(CP(=O)(O)O)Nc1ccccc1. The molecule has 0 aliphatic heterocycles. The summed E-state index contributed by atoms with van der Waals surface area (Å²) in [5.74, 6) is -0.690. The maximum atomic E-state index is 11.0. The number of unbranched alkanes of at least 4 members (excludes halogenated alkanes) is 1. The molecule has 0 bridgehead atoms. The molecule has 0 spiro atoms. The monoisotopic (exact) mass is 273 g/mol. The molecule has 0 radical (unpaired) electrons. The summed E-state index contributed by atoms with van der Waals surface area (Å²) in [6.45, 7) is 4.36. The van der Waals surface area contributed by atoms with Crippen molar-refractivity contribution in [2.45, 2.75) is 26.7 Å². The summed E-state index contributed by atoms with van der Waals surface area (Å²) in [6, 6.07) is 8.48. The van der Waals surface area contributed by atoms with Gasteiger partial charge in [-0.05, 0) is 12.1 Å². The average molecular weight is 273 g/mol. The smallest absolute Gasteiger partial charge is 0.326 e. The van der Waals surface area contributed by atoms with Gasteiger partial charge in [0.25, 0.3) is 0 Å². The van der Waals surface area contributed by atoms with Crippen molar-refractivity contribution < 1.29 is 19.1 Å².